The number of carbonyl (C=O) groups is 2. The predicted octanol–water partition coefficient (Wildman–Crippen LogP) is 22.5. The van der Waals surface area contributed by atoms with Crippen LogP contribution >= 0.6 is 7.82 Å². The van der Waals surface area contributed by atoms with Crippen LogP contribution in [0.4, 0.5) is 0 Å². The Morgan fingerprint density at radius 1 is 0.417 bits per heavy atom. The third-order valence-electron chi connectivity index (χ3n) is 15.6. The number of ether oxygens (including phenoxy) is 1. The first-order valence-electron chi connectivity index (χ1n) is 35.4. The standard InChI is InChI=1S/C74H135N2O7P/c1-7-10-13-16-19-22-25-28-30-32-34-35-36-37-38-39-40-41-43-44-46-48-51-54-57-60-63-66-73(77)75-71(70-82-84(79,80)81-69-68-76(4,5)6)72(65-62-59-56-53-50-27-24-21-18-15-12-9-3)83-74(78)67-64-61-58-55-52-49-47-45-42-33-31-29-26-23-20-17-14-11-8-2/h19-20,22-23,28-31,42,45,49,52,62,65,71-72H,7-18,21,24-27,32-41,43-44,46-48,50-51,53-61,63-64,66-70H2,1-6H3,(H-,75,77,79,80)/p+1/b22-19-,23-20-,30-28-,31-29-,45-42-,52-49-,65-62-. The highest BCUT2D eigenvalue weighted by atomic mass is 31.2. The van der Waals surface area contributed by atoms with Crippen LogP contribution in [-0.4, -0.2) is 74.3 Å². The average molecular weight is 1200 g/mol. The summed E-state index contributed by atoms with van der Waals surface area (Å²) < 4.78 is 30.8. The fraction of sp³-hybridized carbons (Fsp3) is 0.784. The van der Waals surface area contributed by atoms with E-state index in [1.54, 1.807) is 0 Å². The van der Waals surface area contributed by atoms with Gasteiger partial charge >= 0.3 is 13.8 Å². The fourth-order valence-corrected chi connectivity index (χ4v) is 10.8. The number of phosphoric ester groups is 1. The van der Waals surface area contributed by atoms with Crippen molar-refractivity contribution in [2.24, 2.45) is 0 Å². The van der Waals surface area contributed by atoms with Crippen molar-refractivity contribution in [1.29, 1.82) is 0 Å². The molecule has 0 aliphatic rings. The molecule has 0 aliphatic heterocycles. The van der Waals surface area contributed by atoms with Crippen LogP contribution in [0.25, 0.3) is 0 Å². The van der Waals surface area contributed by atoms with Crippen LogP contribution in [0, 0.1) is 0 Å². The maximum absolute atomic E-state index is 13.6. The van der Waals surface area contributed by atoms with Crippen LogP contribution in [-0.2, 0) is 27.9 Å². The first kappa shape index (κ1) is 81.2. The molecule has 2 N–H and O–H groups in total. The van der Waals surface area contributed by atoms with Gasteiger partial charge < -0.3 is 19.4 Å². The van der Waals surface area contributed by atoms with Crippen molar-refractivity contribution in [3.63, 3.8) is 0 Å². The van der Waals surface area contributed by atoms with Crippen molar-refractivity contribution in [1.82, 2.24) is 5.32 Å². The Morgan fingerprint density at radius 2 is 0.726 bits per heavy atom. The number of allylic oxidation sites excluding steroid dienone is 13. The van der Waals surface area contributed by atoms with Gasteiger partial charge in [0, 0.05) is 12.8 Å². The van der Waals surface area contributed by atoms with Gasteiger partial charge in [-0.25, -0.2) is 4.57 Å². The molecule has 0 aromatic rings. The van der Waals surface area contributed by atoms with Crippen molar-refractivity contribution in [2.45, 2.75) is 335 Å². The van der Waals surface area contributed by atoms with Crippen LogP contribution in [0.2, 0.25) is 0 Å². The Labute approximate surface area is 520 Å². The molecule has 0 saturated heterocycles. The van der Waals surface area contributed by atoms with E-state index < -0.39 is 20.0 Å². The lowest BCUT2D eigenvalue weighted by atomic mass is 10.0. The monoisotopic (exact) mass is 1200 g/mol. The first-order valence-corrected chi connectivity index (χ1v) is 36.9. The zero-order valence-electron chi connectivity index (χ0n) is 55.9. The quantitative estimate of drug-likeness (QED) is 0.0205. The second-order valence-corrected chi connectivity index (χ2v) is 26.5. The number of phosphoric acid groups is 1. The number of hydrogen-bond donors (Lipinski definition) is 2. The number of nitrogens with zero attached hydrogens (tertiary/aromatic N) is 1. The summed E-state index contributed by atoms with van der Waals surface area (Å²) in [6.07, 6.45) is 84.6. The highest BCUT2D eigenvalue weighted by Gasteiger charge is 2.30. The summed E-state index contributed by atoms with van der Waals surface area (Å²) >= 11 is 0. The number of hydrogen-bond acceptors (Lipinski definition) is 6. The number of likely N-dealkylation sites (N-methyl/N-ethyl adjacent to an activating group) is 1. The van der Waals surface area contributed by atoms with Crippen LogP contribution < -0.4 is 5.32 Å². The summed E-state index contributed by atoms with van der Waals surface area (Å²) in [5.74, 6) is -0.534. The van der Waals surface area contributed by atoms with Gasteiger partial charge in [0.1, 0.15) is 19.3 Å². The normalized spacial score (nSPS) is 14.0. The molecule has 0 aliphatic carbocycles. The van der Waals surface area contributed by atoms with E-state index in [0.717, 1.165) is 83.5 Å². The smallest absolute Gasteiger partial charge is 0.456 e. The minimum Gasteiger partial charge on any atom is -0.456 e. The van der Waals surface area contributed by atoms with Gasteiger partial charge in [0.2, 0.25) is 5.91 Å². The second-order valence-electron chi connectivity index (χ2n) is 25.0. The number of unbranched alkanes of at least 4 members (excludes halogenated alkanes) is 36. The average Bonchev–Trinajstić information content (AvgIpc) is 3.65. The first-order chi connectivity index (χ1) is 40.9. The molecule has 0 rings (SSSR count). The Bertz CT molecular complexity index is 1710. The van der Waals surface area contributed by atoms with Crippen LogP contribution in [0.3, 0.4) is 0 Å². The summed E-state index contributed by atoms with van der Waals surface area (Å²) in [5, 5.41) is 3.06. The van der Waals surface area contributed by atoms with Crippen molar-refractivity contribution < 1.29 is 37.3 Å². The lowest BCUT2D eigenvalue weighted by Gasteiger charge is -2.27. The number of carbonyl (C=O) groups excluding carboxylic acids is 2. The van der Waals surface area contributed by atoms with Crippen LogP contribution in [0.15, 0.2) is 85.1 Å². The predicted molar refractivity (Wildman–Crippen MR) is 364 cm³/mol. The Balaban J connectivity index is 5.07. The van der Waals surface area contributed by atoms with E-state index in [0.29, 0.717) is 23.9 Å². The zero-order chi connectivity index (χ0) is 61.4. The topological polar surface area (TPSA) is 111 Å². The van der Waals surface area contributed by atoms with Crippen LogP contribution in [0.1, 0.15) is 323 Å². The molecule has 9 nitrogen and oxygen atoms in total. The van der Waals surface area contributed by atoms with Crippen molar-refractivity contribution in [3.8, 4) is 0 Å². The molecule has 0 spiro atoms. The summed E-state index contributed by atoms with van der Waals surface area (Å²) in [6.45, 7) is 6.96. The Hall–Kier alpha value is -2.81. The lowest BCUT2D eigenvalue weighted by molar-refractivity contribution is -0.870. The van der Waals surface area contributed by atoms with E-state index in [1.807, 2.05) is 33.3 Å². The summed E-state index contributed by atoms with van der Waals surface area (Å²) in [5.41, 5.74) is 0. The lowest BCUT2D eigenvalue weighted by Crippen LogP contribution is -2.47. The second kappa shape index (κ2) is 63.2. The van der Waals surface area contributed by atoms with Gasteiger partial charge in [-0.15, -0.1) is 0 Å². The third kappa shape index (κ3) is 63.7. The molecular formula is C74H136N2O7P+. The van der Waals surface area contributed by atoms with Gasteiger partial charge in [0.05, 0.1) is 33.8 Å². The molecule has 0 fully saturated rings. The molecule has 488 valence electrons. The molecule has 10 heteroatoms. The van der Waals surface area contributed by atoms with Gasteiger partial charge in [-0.2, -0.15) is 0 Å². The third-order valence-corrected chi connectivity index (χ3v) is 16.5. The highest BCUT2D eigenvalue weighted by Crippen LogP contribution is 2.43. The minimum absolute atomic E-state index is 0.0330. The van der Waals surface area contributed by atoms with E-state index in [9.17, 15) is 19.0 Å². The molecule has 0 aromatic heterocycles. The SMILES string of the molecule is CCCCC/C=C\C/C=C\C/C=C\C/C=C\CCCCCC(=O)OC(/C=C\CCCCCCCCCCCC)C(COP(=O)(O)OCC[N+](C)(C)C)NC(=O)CCCCCCCCCCCCCCCCCCC/C=C\C/C=C\CCCCC. The molecule has 84 heavy (non-hydrogen) atoms. The van der Waals surface area contributed by atoms with E-state index in [-0.39, 0.29) is 31.5 Å². The van der Waals surface area contributed by atoms with E-state index in [4.69, 9.17) is 13.8 Å². The number of rotatable bonds is 64. The van der Waals surface area contributed by atoms with Gasteiger partial charge in [0.15, 0.2) is 0 Å². The number of quaternary nitrogens is 1. The van der Waals surface area contributed by atoms with Crippen molar-refractivity contribution in [2.75, 3.05) is 40.9 Å². The Morgan fingerprint density at radius 3 is 1.12 bits per heavy atom. The highest BCUT2D eigenvalue weighted by molar-refractivity contribution is 7.47. The number of nitrogens with one attached hydrogen (secondary N) is 1. The molecule has 0 bridgehead atoms. The molecule has 0 radical (unpaired) electrons. The molecule has 0 saturated carbocycles. The molecule has 0 aromatic carbocycles. The van der Waals surface area contributed by atoms with Gasteiger partial charge in [-0.1, -0.05) is 286 Å². The molecule has 1 amide bonds. The largest absolute Gasteiger partial charge is 0.472 e. The summed E-state index contributed by atoms with van der Waals surface area (Å²) in [4.78, 5) is 37.9. The number of amides is 1. The van der Waals surface area contributed by atoms with Crippen LogP contribution in [0.5, 0.6) is 0 Å². The molecular weight excluding hydrogens is 1060 g/mol. The van der Waals surface area contributed by atoms with Gasteiger partial charge in [0.25, 0.3) is 0 Å². The van der Waals surface area contributed by atoms with Gasteiger partial charge in [-0.05, 0) is 109 Å². The van der Waals surface area contributed by atoms with E-state index >= 15 is 0 Å². The molecule has 3 unspecified atom stereocenters. The van der Waals surface area contributed by atoms with Crippen molar-refractivity contribution >= 4 is 19.7 Å². The van der Waals surface area contributed by atoms with E-state index in [1.165, 1.54) is 199 Å². The molecule has 3 atom stereocenters. The van der Waals surface area contributed by atoms with E-state index in [2.05, 4.69) is 99.0 Å². The maximum Gasteiger partial charge on any atom is 0.472 e. The number of esters is 1. The summed E-state index contributed by atoms with van der Waals surface area (Å²) in [6, 6.07) is -0.865. The van der Waals surface area contributed by atoms with Crippen molar-refractivity contribution in [3.05, 3.63) is 85.1 Å². The zero-order valence-corrected chi connectivity index (χ0v) is 56.8. The Kier molecular flexibility index (Phi) is 61.1. The van der Waals surface area contributed by atoms with Gasteiger partial charge in [-0.3, -0.25) is 18.6 Å². The molecule has 0 heterocycles. The maximum atomic E-state index is 13.6. The fourth-order valence-electron chi connectivity index (χ4n) is 10.1. The minimum atomic E-state index is -4.46. The summed E-state index contributed by atoms with van der Waals surface area (Å²) in [7, 11) is 1.48.